The van der Waals surface area contributed by atoms with Gasteiger partial charge in [-0.25, -0.2) is 22.5 Å². The highest BCUT2D eigenvalue weighted by molar-refractivity contribution is 7.89. The van der Waals surface area contributed by atoms with Gasteiger partial charge in [-0.15, -0.1) is 5.10 Å². The standard InChI is InChI=1S/C17H17N5O4S/c1-13(23)14-4-2-5-15(12-14)27(25,26)19-9-11-22-17(24)7-6-16(20-22)21-10-3-8-18-21/h2-8,10,12,19H,9,11H2,1H3. The minimum atomic E-state index is -3.82. The van der Waals surface area contributed by atoms with E-state index in [0.29, 0.717) is 11.4 Å². The lowest BCUT2D eigenvalue weighted by Gasteiger charge is -2.09. The van der Waals surface area contributed by atoms with Crippen LogP contribution in [0.3, 0.4) is 0 Å². The van der Waals surface area contributed by atoms with Gasteiger partial charge in [0, 0.05) is 30.6 Å². The van der Waals surface area contributed by atoms with Crippen molar-refractivity contribution >= 4 is 15.8 Å². The van der Waals surface area contributed by atoms with Gasteiger partial charge in [-0.1, -0.05) is 12.1 Å². The second-order valence-electron chi connectivity index (χ2n) is 5.69. The second kappa shape index (κ2) is 7.64. The van der Waals surface area contributed by atoms with Crippen LogP contribution in [0, 0.1) is 0 Å². The van der Waals surface area contributed by atoms with Crippen molar-refractivity contribution in [2.45, 2.75) is 18.4 Å². The van der Waals surface area contributed by atoms with E-state index in [2.05, 4.69) is 14.9 Å². The van der Waals surface area contributed by atoms with Crippen LogP contribution >= 0.6 is 0 Å². The third-order valence-electron chi connectivity index (χ3n) is 3.76. The third kappa shape index (κ3) is 4.36. The number of hydrogen-bond acceptors (Lipinski definition) is 6. The molecule has 0 spiro atoms. The zero-order chi connectivity index (χ0) is 19.4. The normalized spacial score (nSPS) is 11.4. The van der Waals surface area contributed by atoms with E-state index in [9.17, 15) is 18.0 Å². The maximum Gasteiger partial charge on any atom is 0.266 e. The fourth-order valence-electron chi connectivity index (χ4n) is 2.38. The van der Waals surface area contributed by atoms with Gasteiger partial charge in [0.05, 0.1) is 11.4 Å². The van der Waals surface area contributed by atoms with Gasteiger partial charge in [0.1, 0.15) is 0 Å². The number of sulfonamides is 1. The zero-order valence-corrected chi connectivity index (χ0v) is 15.3. The molecule has 0 unspecified atom stereocenters. The Morgan fingerprint density at radius 2 is 2.00 bits per heavy atom. The molecule has 0 radical (unpaired) electrons. The van der Waals surface area contributed by atoms with Gasteiger partial charge in [0.15, 0.2) is 11.6 Å². The molecule has 27 heavy (non-hydrogen) atoms. The van der Waals surface area contributed by atoms with Crippen molar-refractivity contribution in [1.82, 2.24) is 24.3 Å². The van der Waals surface area contributed by atoms with E-state index in [-0.39, 0.29) is 29.3 Å². The molecule has 2 heterocycles. The number of benzene rings is 1. The fraction of sp³-hybridized carbons (Fsp3) is 0.176. The average Bonchev–Trinajstić information content (AvgIpc) is 3.18. The Bertz CT molecular complexity index is 1120. The number of nitrogens with zero attached hydrogens (tertiary/aromatic N) is 4. The van der Waals surface area contributed by atoms with Crippen molar-refractivity contribution in [3.05, 3.63) is 70.8 Å². The lowest BCUT2D eigenvalue weighted by molar-refractivity contribution is 0.101. The predicted molar refractivity (Wildman–Crippen MR) is 97.3 cm³/mol. The summed E-state index contributed by atoms with van der Waals surface area (Å²) in [4.78, 5) is 23.4. The van der Waals surface area contributed by atoms with Gasteiger partial charge in [-0.05, 0) is 31.2 Å². The van der Waals surface area contributed by atoms with Crippen LogP contribution in [0.1, 0.15) is 17.3 Å². The summed E-state index contributed by atoms with van der Waals surface area (Å²) < 4.78 is 29.8. The highest BCUT2D eigenvalue weighted by Crippen LogP contribution is 2.11. The molecule has 0 saturated carbocycles. The van der Waals surface area contributed by atoms with E-state index >= 15 is 0 Å². The summed E-state index contributed by atoms with van der Waals surface area (Å²) in [7, 11) is -3.82. The smallest absolute Gasteiger partial charge is 0.266 e. The number of carbonyl (C=O) groups is 1. The summed E-state index contributed by atoms with van der Waals surface area (Å²) in [5.41, 5.74) is -0.0497. The van der Waals surface area contributed by atoms with Crippen molar-refractivity contribution in [1.29, 1.82) is 0 Å². The van der Waals surface area contributed by atoms with Gasteiger partial charge in [-0.3, -0.25) is 9.59 Å². The number of rotatable bonds is 7. The first kappa shape index (κ1) is 18.7. The first-order valence-electron chi connectivity index (χ1n) is 8.06. The molecule has 3 aromatic rings. The molecule has 1 N–H and O–H groups in total. The number of aromatic nitrogens is 4. The number of nitrogens with one attached hydrogen (secondary N) is 1. The monoisotopic (exact) mass is 387 g/mol. The van der Waals surface area contributed by atoms with E-state index in [4.69, 9.17) is 0 Å². The third-order valence-corrected chi connectivity index (χ3v) is 5.22. The van der Waals surface area contributed by atoms with E-state index in [1.54, 1.807) is 24.5 Å². The Morgan fingerprint density at radius 1 is 1.19 bits per heavy atom. The SMILES string of the molecule is CC(=O)c1cccc(S(=O)(=O)NCCn2nc(-n3cccn3)ccc2=O)c1. The largest absolute Gasteiger partial charge is 0.295 e. The zero-order valence-electron chi connectivity index (χ0n) is 14.4. The number of carbonyl (C=O) groups excluding carboxylic acids is 1. The molecule has 0 aliphatic carbocycles. The molecule has 0 amide bonds. The first-order chi connectivity index (χ1) is 12.9. The van der Waals surface area contributed by atoms with Crippen molar-refractivity contribution in [2.75, 3.05) is 6.54 Å². The van der Waals surface area contributed by atoms with Crippen molar-refractivity contribution in [2.24, 2.45) is 0 Å². The molecule has 140 valence electrons. The molecule has 9 nitrogen and oxygen atoms in total. The fourth-order valence-corrected chi connectivity index (χ4v) is 3.44. The maximum absolute atomic E-state index is 12.4. The number of Topliss-reactive ketones (excluding diaryl/α,β-unsaturated/α-hetero) is 1. The highest BCUT2D eigenvalue weighted by Gasteiger charge is 2.15. The molecule has 0 fully saturated rings. The van der Waals surface area contributed by atoms with Crippen LogP contribution in [-0.2, 0) is 16.6 Å². The summed E-state index contributed by atoms with van der Waals surface area (Å²) in [6.07, 6.45) is 3.27. The average molecular weight is 387 g/mol. The predicted octanol–water partition coefficient (Wildman–Crippen LogP) is 0.610. The molecule has 3 rings (SSSR count). The van der Waals surface area contributed by atoms with Crippen LogP contribution in [-0.4, -0.2) is 40.3 Å². The summed E-state index contributed by atoms with van der Waals surface area (Å²) in [5.74, 6) is 0.217. The Balaban J connectivity index is 1.72. The Morgan fingerprint density at radius 3 is 2.70 bits per heavy atom. The number of hydrogen-bond donors (Lipinski definition) is 1. The van der Waals surface area contributed by atoms with Gasteiger partial charge in [0.2, 0.25) is 10.0 Å². The molecular formula is C17H17N5O4S. The first-order valence-corrected chi connectivity index (χ1v) is 9.54. The van der Waals surface area contributed by atoms with Crippen molar-refractivity contribution in [3.63, 3.8) is 0 Å². The summed E-state index contributed by atoms with van der Waals surface area (Å²) in [5, 5.41) is 8.21. The van der Waals surface area contributed by atoms with Crippen LogP contribution in [0.25, 0.3) is 5.82 Å². The van der Waals surface area contributed by atoms with Gasteiger partial charge < -0.3 is 0 Å². The van der Waals surface area contributed by atoms with Crippen molar-refractivity contribution < 1.29 is 13.2 Å². The lowest BCUT2D eigenvalue weighted by atomic mass is 10.2. The van der Waals surface area contributed by atoms with Gasteiger partial charge in [-0.2, -0.15) is 5.10 Å². The van der Waals surface area contributed by atoms with Gasteiger partial charge >= 0.3 is 0 Å². The Kier molecular flexibility index (Phi) is 5.28. The second-order valence-corrected chi connectivity index (χ2v) is 7.45. The molecule has 2 aromatic heterocycles. The van der Waals surface area contributed by atoms with Crippen molar-refractivity contribution in [3.8, 4) is 5.82 Å². The lowest BCUT2D eigenvalue weighted by Crippen LogP contribution is -2.32. The minimum Gasteiger partial charge on any atom is -0.295 e. The molecule has 1 aromatic carbocycles. The minimum absolute atomic E-state index is 0.0132. The Labute approximate surface area is 155 Å². The van der Waals surface area contributed by atoms with Crippen LogP contribution in [0.4, 0.5) is 0 Å². The van der Waals surface area contributed by atoms with Crippen LogP contribution < -0.4 is 10.3 Å². The summed E-state index contributed by atoms with van der Waals surface area (Å²) in [6, 6.07) is 10.4. The van der Waals surface area contributed by atoms with E-state index in [1.807, 2.05) is 0 Å². The van der Waals surface area contributed by atoms with Crippen LogP contribution in [0.5, 0.6) is 0 Å². The molecule has 0 atom stereocenters. The maximum atomic E-state index is 12.4. The topological polar surface area (TPSA) is 116 Å². The number of ketones is 1. The van der Waals surface area contributed by atoms with Gasteiger partial charge in [0.25, 0.3) is 5.56 Å². The summed E-state index contributed by atoms with van der Waals surface area (Å²) in [6.45, 7) is 1.37. The Hall–Kier alpha value is -3.11. The van der Waals surface area contributed by atoms with E-state index < -0.39 is 10.0 Å². The van der Waals surface area contributed by atoms with E-state index in [0.717, 1.165) is 4.68 Å². The highest BCUT2D eigenvalue weighted by atomic mass is 32.2. The van der Waals surface area contributed by atoms with E-state index in [1.165, 1.54) is 41.9 Å². The molecule has 0 aliphatic heterocycles. The molecule has 0 saturated heterocycles. The van der Waals surface area contributed by atoms with Crippen LogP contribution in [0.15, 0.2) is 64.5 Å². The molecule has 0 bridgehead atoms. The molecular weight excluding hydrogens is 370 g/mol. The van der Waals surface area contributed by atoms with Crippen LogP contribution in [0.2, 0.25) is 0 Å². The molecule has 10 heteroatoms. The summed E-state index contributed by atoms with van der Waals surface area (Å²) >= 11 is 0. The molecule has 0 aliphatic rings. The quantitative estimate of drug-likeness (QED) is 0.594.